The van der Waals surface area contributed by atoms with E-state index >= 15 is 0 Å². The number of rotatable bonds is 5. The van der Waals surface area contributed by atoms with Crippen molar-refractivity contribution in [1.82, 2.24) is 4.98 Å². The molecular weight excluding hydrogens is 408 g/mol. The molecule has 0 saturated carbocycles. The number of aliphatic hydroxyl groups excluding tert-OH is 1. The van der Waals surface area contributed by atoms with Gasteiger partial charge in [-0.05, 0) is 49.4 Å². The molecule has 2 aromatic heterocycles. The number of amides is 1. The third-order valence-electron chi connectivity index (χ3n) is 5.53. The zero-order valence-corrected chi connectivity index (χ0v) is 17.2. The molecule has 1 saturated heterocycles. The number of aromatic amines is 1. The highest BCUT2D eigenvalue weighted by Crippen LogP contribution is 2.43. The van der Waals surface area contributed by atoms with Crippen LogP contribution in [0.2, 0.25) is 0 Å². The molecule has 0 radical (unpaired) electrons. The summed E-state index contributed by atoms with van der Waals surface area (Å²) in [5.74, 6) is -0.740. The molecule has 1 aliphatic rings. The molecule has 3 heterocycles. The van der Waals surface area contributed by atoms with Crippen LogP contribution in [0.4, 0.5) is 5.69 Å². The van der Waals surface area contributed by atoms with Crippen LogP contribution < -0.4 is 9.64 Å². The third kappa shape index (κ3) is 3.06. The highest BCUT2D eigenvalue weighted by atomic mass is 16.5. The van der Waals surface area contributed by atoms with E-state index in [2.05, 4.69) is 4.98 Å². The second-order valence-corrected chi connectivity index (χ2v) is 7.36. The third-order valence-corrected chi connectivity index (χ3v) is 5.53. The van der Waals surface area contributed by atoms with Crippen molar-refractivity contribution in [3.05, 3.63) is 90.0 Å². The number of aliphatic hydroxyl groups is 1. The number of aromatic nitrogens is 1. The fraction of sp³-hybridized carbons (Fsp3) is 0.120. The Balaban J connectivity index is 1.68. The minimum atomic E-state index is -0.906. The lowest BCUT2D eigenvalue weighted by Gasteiger charge is -2.23. The van der Waals surface area contributed by atoms with E-state index in [4.69, 9.17) is 9.15 Å². The predicted octanol–water partition coefficient (Wildman–Crippen LogP) is 4.79. The number of furan rings is 1. The van der Waals surface area contributed by atoms with E-state index in [0.29, 0.717) is 29.4 Å². The summed E-state index contributed by atoms with van der Waals surface area (Å²) in [5, 5.41) is 12.0. The van der Waals surface area contributed by atoms with Crippen molar-refractivity contribution in [2.75, 3.05) is 11.5 Å². The summed E-state index contributed by atoms with van der Waals surface area (Å²) in [7, 11) is 0. The summed E-state index contributed by atoms with van der Waals surface area (Å²) in [5.41, 5.74) is 1.73. The first kappa shape index (κ1) is 19.7. The fourth-order valence-corrected chi connectivity index (χ4v) is 4.10. The molecule has 4 aromatic rings. The van der Waals surface area contributed by atoms with E-state index in [-0.39, 0.29) is 11.3 Å². The summed E-state index contributed by atoms with van der Waals surface area (Å²) in [6.07, 6.45) is 3.10. The van der Waals surface area contributed by atoms with Crippen molar-refractivity contribution in [3.63, 3.8) is 0 Å². The number of hydrogen-bond acceptors (Lipinski definition) is 5. The van der Waals surface area contributed by atoms with Gasteiger partial charge in [0.05, 0.1) is 18.4 Å². The highest BCUT2D eigenvalue weighted by Gasteiger charge is 2.48. The molecular formula is C25H20N2O5. The topological polar surface area (TPSA) is 95.8 Å². The van der Waals surface area contributed by atoms with Crippen LogP contribution in [0.15, 0.2) is 83.1 Å². The molecule has 1 unspecified atom stereocenters. The van der Waals surface area contributed by atoms with E-state index in [9.17, 15) is 14.7 Å². The first-order valence-electron chi connectivity index (χ1n) is 10.2. The van der Waals surface area contributed by atoms with E-state index in [1.807, 2.05) is 31.2 Å². The number of fused-ring (bicyclic) bond motifs is 1. The number of Topliss-reactive ketones (excluding diaryl/α,β-unsaturated/α-hetero) is 1. The van der Waals surface area contributed by atoms with Gasteiger partial charge in [-0.1, -0.05) is 18.2 Å². The number of carbonyl (C=O) groups is 2. The molecule has 2 aromatic carbocycles. The Morgan fingerprint density at radius 1 is 1.09 bits per heavy atom. The van der Waals surface area contributed by atoms with Gasteiger partial charge in [-0.2, -0.15) is 0 Å². The van der Waals surface area contributed by atoms with Crippen molar-refractivity contribution < 1.29 is 23.8 Å². The van der Waals surface area contributed by atoms with Gasteiger partial charge in [0, 0.05) is 28.4 Å². The number of carbonyl (C=O) groups excluding carboxylic acids is 2. The fourth-order valence-electron chi connectivity index (χ4n) is 4.10. The number of ketones is 1. The number of benzene rings is 2. The van der Waals surface area contributed by atoms with Crippen LogP contribution in [0, 0.1) is 0 Å². The lowest BCUT2D eigenvalue weighted by atomic mass is 9.99. The number of nitrogens with zero attached hydrogens (tertiary/aromatic N) is 1. The SMILES string of the molecule is CCOc1ccc(N2C(=O)C(=O)/C(=C(\O)c3c[nH]c4ccccc34)C2c2ccco2)cc1. The van der Waals surface area contributed by atoms with Crippen LogP contribution in [0.5, 0.6) is 5.75 Å². The standard InChI is InChI=1S/C25H20N2O5/c1-2-31-16-11-9-15(10-12-16)27-22(20-8-5-13-32-20)21(24(29)25(27)30)23(28)18-14-26-19-7-4-3-6-17(18)19/h3-14,22,26,28H,2H2,1H3/b23-21-. The maximum absolute atomic E-state index is 13.2. The molecule has 32 heavy (non-hydrogen) atoms. The van der Waals surface area contributed by atoms with Crippen molar-refractivity contribution in [2.24, 2.45) is 0 Å². The quantitative estimate of drug-likeness (QED) is 0.271. The van der Waals surface area contributed by atoms with Crippen molar-refractivity contribution >= 4 is 34.0 Å². The predicted molar refractivity (Wildman–Crippen MR) is 119 cm³/mol. The second-order valence-electron chi connectivity index (χ2n) is 7.36. The average molecular weight is 428 g/mol. The van der Waals surface area contributed by atoms with Gasteiger partial charge in [0.25, 0.3) is 11.7 Å². The van der Waals surface area contributed by atoms with Gasteiger partial charge in [-0.15, -0.1) is 0 Å². The van der Waals surface area contributed by atoms with Crippen molar-refractivity contribution in [3.8, 4) is 5.75 Å². The molecule has 7 heteroatoms. The zero-order valence-electron chi connectivity index (χ0n) is 17.2. The molecule has 1 atom stereocenters. The molecule has 0 spiro atoms. The van der Waals surface area contributed by atoms with Gasteiger partial charge >= 0.3 is 0 Å². The van der Waals surface area contributed by atoms with E-state index < -0.39 is 17.7 Å². The van der Waals surface area contributed by atoms with Crippen LogP contribution in [-0.2, 0) is 9.59 Å². The monoisotopic (exact) mass is 428 g/mol. The maximum atomic E-state index is 13.2. The van der Waals surface area contributed by atoms with Crippen LogP contribution in [0.25, 0.3) is 16.7 Å². The summed E-state index contributed by atoms with van der Waals surface area (Å²) in [6, 6.07) is 16.8. The number of ether oxygens (including phenoxy) is 1. The van der Waals surface area contributed by atoms with Crippen LogP contribution in [0.3, 0.4) is 0 Å². The molecule has 1 amide bonds. The van der Waals surface area contributed by atoms with Gasteiger partial charge in [-0.3, -0.25) is 14.5 Å². The summed E-state index contributed by atoms with van der Waals surface area (Å²) in [6.45, 7) is 2.40. The Morgan fingerprint density at radius 3 is 2.59 bits per heavy atom. The number of hydrogen-bond donors (Lipinski definition) is 2. The second kappa shape index (κ2) is 7.77. The minimum Gasteiger partial charge on any atom is -0.507 e. The normalized spacial score (nSPS) is 17.9. The van der Waals surface area contributed by atoms with Gasteiger partial charge in [0.15, 0.2) is 0 Å². The minimum absolute atomic E-state index is 0.0245. The van der Waals surface area contributed by atoms with Gasteiger partial charge < -0.3 is 19.2 Å². The first-order chi connectivity index (χ1) is 15.6. The molecule has 7 nitrogen and oxygen atoms in total. The van der Waals surface area contributed by atoms with Gasteiger partial charge in [0.1, 0.15) is 23.3 Å². The molecule has 0 bridgehead atoms. The van der Waals surface area contributed by atoms with Crippen LogP contribution in [-0.4, -0.2) is 28.4 Å². The summed E-state index contributed by atoms with van der Waals surface area (Å²) >= 11 is 0. The lowest BCUT2D eigenvalue weighted by molar-refractivity contribution is -0.132. The molecule has 2 N–H and O–H groups in total. The Bertz CT molecular complexity index is 1330. The average Bonchev–Trinajstić information content (AvgIpc) is 3.54. The maximum Gasteiger partial charge on any atom is 0.300 e. The van der Waals surface area contributed by atoms with Gasteiger partial charge in [-0.25, -0.2) is 0 Å². The highest BCUT2D eigenvalue weighted by molar-refractivity contribution is 6.51. The Labute approximate surface area is 183 Å². The molecule has 0 aliphatic carbocycles. The molecule has 1 aliphatic heterocycles. The van der Waals surface area contributed by atoms with E-state index in [0.717, 1.165) is 10.9 Å². The van der Waals surface area contributed by atoms with E-state index in [1.165, 1.54) is 11.2 Å². The van der Waals surface area contributed by atoms with Crippen LogP contribution in [0.1, 0.15) is 24.3 Å². The molecule has 1 fully saturated rings. The summed E-state index contributed by atoms with van der Waals surface area (Å²) in [4.78, 5) is 30.7. The number of para-hydroxylation sites is 1. The van der Waals surface area contributed by atoms with Crippen LogP contribution >= 0.6 is 0 Å². The zero-order chi connectivity index (χ0) is 22.2. The summed E-state index contributed by atoms with van der Waals surface area (Å²) < 4.78 is 11.1. The number of nitrogens with one attached hydrogen (secondary N) is 1. The largest absolute Gasteiger partial charge is 0.507 e. The Morgan fingerprint density at radius 2 is 1.88 bits per heavy atom. The lowest BCUT2D eigenvalue weighted by Crippen LogP contribution is -2.29. The Hall–Kier alpha value is -4.26. The molecule has 5 rings (SSSR count). The van der Waals surface area contributed by atoms with E-state index in [1.54, 1.807) is 42.6 Å². The smallest absolute Gasteiger partial charge is 0.300 e. The Kier molecular flexibility index (Phi) is 4.78. The van der Waals surface area contributed by atoms with Crippen molar-refractivity contribution in [1.29, 1.82) is 0 Å². The van der Waals surface area contributed by atoms with Gasteiger partial charge in [0.2, 0.25) is 0 Å². The number of anilines is 1. The number of H-pyrrole nitrogens is 1. The van der Waals surface area contributed by atoms with Crippen molar-refractivity contribution in [2.45, 2.75) is 13.0 Å². The molecule has 160 valence electrons. The first-order valence-corrected chi connectivity index (χ1v) is 10.2.